The molecule has 4 rings (SSSR count). The van der Waals surface area contributed by atoms with E-state index in [0.717, 1.165) is 4.88 Å². The van der Waals surface area contributed by atoms with E-state index >= 15 is 0 Å². The molecular weight excluding hydrogens is 371 g/mol. The summed E-state index contributed by atoms with van der Waals surface area (Å²) in [5, 5.41) is 6.80. The normalized spacial score (nSPS) is 11.8. The van der Waals surface area contributed by atoms with Crippen LogP contribution in [0.4, 0.5) is 13.2 Å². The highest BCUT2D eigenvalue weighted by Gasteiger charge is 2.24. The molecule has 0 aliphatic heterocycles. The summed E-state index contributed by atoms with van der Waals surface area (Å²) in [5.74, 6) is -0.444. The summed E-state index contributed by atoms with van der Waals surface area (Å²) >= 11 is 1.44. The van der Waals surface area contributed by atoms with Crippen LogP contribution in [0.15, 0.2) is 47.8 Å². The summed E-state index contributed by atoms with van der Waals surface area (Å²) in [6, 6.07) is 10.9. The van der Waals surface area contributed by atoms with Crippen molar-refractivity contribution in [3.63, 3.8) is 0 Å². The number of rotatable bonds is 4. The van der Waals surface area contributed by atoms with Crippen LogP contribution in [0, 0.1) is 5.82 Å². The molecule has 0 saturated carbocycles. The van der Waals surface area contributed by atoms with Gasteiger partial charge in [0.05, 0.1) is 27.3 Å². The van der Waals surface area contributed by atoms with Gasteiger partial charge in [-0.3, -0.25) is 0 Å². The Hall–Kier alpha value is -2.67. The van der Waals surface area contributed by atoms with E-state index in [4.69, 9.17) is 0 Å². The number of hydrogen-bond acceptors (Lipinski definition) is 3. The zero-order valence-corrected chi connectivity index (χ0v) is 15.5. The van der Waals surface area contributed by atoms with E-state index in [1.54, 1.807) is 12.1 Å². The number of hydrogen-bond donors (Lipinski definition) is 0. The maximum Gasteiger partial charge on any atom is 0.264 e. The maximum atomic E-state index is 13.9. The second-order valence-corrected chi connectivity index (χ2v) is 7.45. The third kappa shape index (κ3) is 3.12. The molecule has 0 saturated heterocycles. The number of nitrogens with zero attached hydrogens (tertiary/aromatic N) is 3. The number of thiophene rings is 1. The molecule has 0 unspecified atom stereocenters. The number of benzene rings is 1. The van der Waals surface area contributed by atoms with Gasteiger partial charge in [0.2, 0.25) is 0 Å². The van der Waals surface area contributed by atoms with Gasteiger partial charge < -0.3 is 0 Å². The van der Waals surface area contributed by atoms with Gasteiger partial charge in [-0.05, 0) is 47.7 Å². The Morgan fingerprint density at radius 2 is 1.81 bits per heavy atom. The Labute approximate surface area is 158 Å². The van der Waals surface area contributed by atoms with E-state index in [-0.39, 0.29) is 17.3 Å². The maximum absolute atomic E-state index is 13.9. The van der Waals surface area contributed by atoms with Crippen LogP contribution in [0.25, 0.3) is 27.3 Å². The van der Waals surface area contributed by atoms with E-state index in [1.165, 1.54) is 34.2 Å². The Balaban J connectivity index is 2.07. The van der Waals surface area contributed by atoms with Gasteiger partial charge in [0.25, 0.3) is 6.43 Å². The first-order valence-corrected chi connectivity index (χ1v) is 9.35. The van der Waals surface area contributed by atoms with Crippen molar-refractivity contribution < 1.29 is 13.2 Å². The van der Waals surface area contributed by atoms with E-state index in [2.05, 4.69) is 10.1 Å². The van der Waals surface area contributed by atoms with Crippen LogP contribution in [-0.4, -0.2) is 14.8 Å². The third-order valence-corrected chi connectivity index (χ3v) is 5.21. The van der Waals surface area contributed by atoms with E-state index < -0.39 is 6.43 Å². The van der Waals surface area contributed by atoms with Gasteiger partial charge in [-0.1, -0.05) is 19.9 Å². The molecule has 0 bridgehead atoms. The van der Waals surface area contributed by atoms with Crippen LogP contribution in [0.5, 0.6) is 0 Å². The minimum Gasteiger partial charge on any atom is -0.227 e. The van der Waals surface area contributed by atoms with Crippen LogP contribution < -0.4 is 0 Å². The van der Waals surface area contributed by atoms with Crippen molar-refractivity contribution in [1.82, 2.24) is 14.8 Å². The van der Waals surface area contributed by atoms with Gasteiger partial charge in [0, 0.05) is 5.56 Å². The number of fused-ring (bicyclic) bond motifs is 1. The van der Waals surface area contributed by atoms with Crippen molar-refractivity contribution in [2.75, 3.05) is 0 Å². The van der Waals surface area contributed by atoms with Gasteiger partial charge in [0.1, 0.15) is 5.82 Å². The molecule has 3 nitrogen and oxygen atoms in total. The zero-order chi connectivity index (χ0) is 19.1. The quantitative estimate of drug-likeness (QED) is 0.408. The number of alkyl halides is 2. The summed E-state index contributed by atoms with van der Waals surface area (Å²) in [6.45, 7) is 3.80. The molecule has 1 aromatic carbocycles. The number of pyridine rings is 1. The van der Waals surface area contributed by atoms with Gasteiger partial charge in [0.15, 0.2) is 5.65 Å². The fraction of sp³-hybridized carbons (Fsp3) is 0.200. The molecule has 3 aromatic heterocycles. The summed E-state index contributed by atoms with van der Waals surface area (Å²) in [6.07, 6.45) is -2.66. The monoisotopic (exact) mass is 387 g/mol. The van der Waals surface area contributed by atoms with Crippen LogP contribution in [0.2, 0.25) is 0 Å². The van der Waals surface area contributed by atoms with Crippen LogP contribution in [-0.2, 0) is 0 Å². The van der Waals surface area contributed by atoms with E-state index in [1.807, 2.05) is 31.4 Å². The molecule has 0 amide bonds. The molecular formula is C20H16F3N3S. The van der Waals surface area contributed by atoms with Crippen molar-refractivity contribution in [2.45, 2.75) is 26.2 Å². The Bertz CT molecular complexity index is 1080. The van der Waals surface area contributed by atoms with Crippen molar-refractivity contribution in [1.29, 1.82) is 0 Å². The van der Waals surface area contributed by atoms with Crippen LogP contribution in [0.3, 0.4) is 0 Å². The summed E-state index contributed by atoms with van der Waals surface area (Å²) in [4.78, 5) is 5.45. The summed E-state index contributed by atoms with van der Waals surface area (Å²) < 4.78 is 42.7. The summed E-state index contributed by atoms with van der Waals surface area (Å²) in [7, 11) is 0. The van der Waals surface area contributed by atoms with Gasteiger partial charge in [-0.2, -0.15) is 5.10 Å². The minimum absolute atomic E-state index is 0.0684. The molecule has 0 aliphatic rings. The third-order valence-electron chi connectivity index (χ3n) is 4.32. The highest BCUT2D eigenvalue weighted by Crippen LogP contribution is 2.37. The lowest BCUT2D eigenvalue weighted by Crippen LogP contribution is -1.99. The van der Waals surface area contributed by atoms with Crippen LogP contribution >= 0.6 is 11.3 Å². The second-order valence-electron chi connectivity index (χ2n) is 6.50. The Morgan fingerprint density at radius 1 is 1.07 bits per heavy atom. The standard InChI is InChI=1S/C20H16F3N3S/c1-11(2)18-17-14(19(22)23)10-15(16-4-3-9-27-16)24-20(17)26(25-18)13-7-5-12(21)6-8-13/h3-11,19H,1-2H3. The first-order chi connectivity index (χ1) is 13.0. The zero-order valence-electron chi connectivity index (χ0n) is 14.7. The highest BCUT2D eigenvalue weighted by atomic mass is 32.1. The van der Waals surface area contributed by atoms with Crippen molar-refractivity contribution in [2.24, 2.45) is 0 Å². The molecule has 3 heterocycles. The van der Waals surface area contributed by atoms with E-state index in [9.17, 15) is 13.2 Å². The predicted octanol–water partition coefficient (Wildman–Crippen LogP) is 6.35. The number of halogens is 3. The molecule has 0 fully saturated rings. The van der Waals surface area contributed by atoms with Gasteiger partial charge in [-0.25, -0.2) is 22.8 Å². The lowest BCUT2D eigenvalue weighted by molar-refractivity contribution is 0.153. The van der Waals surface area contributed by atoms with Crippen molar-refractivity contribution >= 4 is 22.4 Å². The first-order valence-electron chi connectivity index (χ1n) is 8.47. The SMILES string of the molecule is CC(C)c1nn(-c2ccc(F)cc2)c2nc(-c3cccs3)cc(C(F)F)c12. The smallest absolute Gasteiger partial charge is 0.227 e. The molecule has 0 spiro atoms. The summed E-state index contributed by atoms with van der Waals surface area (Å²) in [5.41, 5.74) is 1.87. The topological polar surface area (TPSA) is 30.7 Å². The predicted molar refractivity (Wildman–Crippen MR) is 101 cm³/mol. The molecule has 4 aromatic rings. The molecule has 138 valence electrons. The van der Waals surface area contributed by atoms with Crippen molar-refractivity contribution in [3.8, 4) is 16.3 Å². The van der Waals surface area contributed by atoms with Gasteiger partial charge in [-0.15, -0.1) is 11.3 Å². The fourth-order valence-electron chi connectivity index (χ4n) is 3.06. The molecule has 0 radical (unpaired) electrons. The molecule has 0 aliphatic carbocycles. The number of aromatic nitrogens is 3. The first kappa shape index (κ1) is 17.7. The van der Waals surface area contributed by atoms with Crippen LogP contribution in [0.1, 0.15) is 37.4 Å². The average Bonchev–Trinajstić information content (AvgIpc) is 3.29. The molecule has 0 atom stereocenters. The second kappa shape index (κ2) is 6.81. The average molecular weight is 387 g/mol. The van der Waals surface area contributed by atoms with Crippen molar-refractivity contribution in [3.05, 3.63) is 64.9 Å². The van der Waals surface area contributed by atoms with E-state index in [0.29, 0.717) is 28.1 Å². The lowest BCUT2D eigenvalue weighted by atomic mass is 10.0. The molecule has 0 N–H and O–H groups in total. The van der Waals surface area contributed by atoms with Gasteiger partial charge >= 0.3 is 0 Å². The largest absolute Gasteiger partial charge is 0.264 e. The minimum atomic E-state index is -2.66. The lowest BCUT2D eigenvalue weighted by Gasteiger charge is -2.08. The fourth-order valence-corrected chi connectivity index (χ4v) is 3.75. The Kier molecular flexibility index (Phi) is 4.47. The Morgan fingerprint density at radius 3 is 2.41 bits per heavy atom. The highest BCUT2D eigenvalue weighted by molar-refractivity contribution is 7.13. The molecule has 7 heteroatoms. The molecule has 27 heavy (non-hydrogen) atoms.